The van der Waals surface area contributed by atoms with E-state index in [-0.39, 0.29) is 6.42 Å². The van der Waals surface area contributed by atoms with Crippen LogP contribution in [0, 0.1) is 17.3 Å². The van der Waals surface area contributed by atoms with Crippen molar-refractivity contribution in [3.8, 4) is 0 Å². The monoisotopic (exact) mass is 386 g/mol. The third-order valence-corrected chi connectivity index (χ3v) is 5.22. The number of aliphatic carboxylic acids is 1. The molecule has 27 heavy (non-hydrogen) atoms. The fourth-order valence-electron chi connectivity index (χ4n) is 3.02. The topological polar surface area (TPSA) is 115 Å². The van der Waals surface area contributed by atoms with Crippen molar-refractivity contribution in [2.24, 2.45) is 17.3 Å². The molecule has 0 radical (unpaired) electrons. The number of hydrogen-bond donors (Lipinski definition) is 4. The van der Waals surface area contributed by atoms with E-state index in [1.807, 2.05) is 6.92 Å². The van der Waals surface area contributed by atoms with Gasteiger partial charge in [0.2, 0.25) is 0 Å². The van der Waals surface area contributed by atoms with Gasteiger partial charge in [-0.1, -0.05) is 58.1 Å². The fraction of sp³-hybridized carbons (Fsp3) is 0.810. The van der Waals surface area contributed by atoms with Crippen LogP contribution in [-0.2, 0) is 9.59 Å². The first-order chi connectivity index (χ1) is 12.6. The van der Waals surface area contributed by atoms with E-state index in [9.17, 15) is 24.9 Å². The number of rotatable bonds is 15. The van der Waals surface area contributed by atoms with Crippen LogP contribution in [0.25, 0.3) is 0 Å². The molecule has 0 aliphatic carbocycles. The van der Waals surface area contributed by atoms with Gasteiger partial charge in [0.05, 0.1) is 13.2 Å². The van der Waals surface area contributed by atoms with Gasteiger partial charge >= 0.3 is 5.97 Å². The van der Waals surface area contributed by atoms with Crippen molar-refractivity contribution in [3.05, 3.63) is 11.6 Å². The Balaban J connectivity index is 4.40. The molecule has 0 aromatic heterocycles. The van der Waals surface area contributed by atoms with Gasteiger partial charge in [-0.3, -0.25) is 9.59 Å². The molecule has 0 rings (SSSR count). The summed E-state index contributed by atoms with van der Waals surface area (Å²) in [6, 6.07) is 0. The van der Waals surface area contributed by atoms with E-state index in [4.69, 9.17) is 5.11 Å². The molecule has 4 N–H and O–H groups in total. The van der Waals surface area contributed by atoms with E-state index in [0.29, 0.717) is 5.92 Å². The molecule has 0 heterocycles. The number of carboxylic acid groups (broad SMARTS) is 1. The Kier molecular flexibility index (Phi) is 12.4. The summed E-state index contributed by atoms with van der Waals surface area (Å²) in [7, 11) is 0. The van der Waals surface area contributed by atoms with Crippen molar-refractivity contribution in [1.82, 2.24) is 0 Å². The zero-order valence-corrected chi connectivity index (χ0v) is 17.3. The number of ketones is 1. The molecule has 158 valence electrons. The summed E-state index contributed by atoms with van der Waals surface area (Å²) in [4.78, 5) is 23.3. The van der Waals surface area contributed by atoms with Crippen molar-refractivity contribution < 1.29 is 30.0 Å². The minimum absolute atomic E-state index is 0.119. The van der Waals surface area contributed by atoms with E-state index >= 15 is 0 Å². The summed E-state index contributed by atoms with van der Waals surface area (Å²) in [6.45, 7) is 6.61. The zero-order valence-electron chi connectivity index (χ0n) is 17.3. The third kappa shape index (κ3) is 9.00. The van der Waals surface area contributed by atoms with Crippen LogP contribution in [-0.4, -0.2) is 51.5 Å². The second-order valence-corrected chi connectivity index (χ2v) is 8.22. The number of hydrogen-bond acceptors (Lipinski definition) is 5. The summed E-state index contributed by atoms with van der Waals surface area (Å²) >= 11 is 0. The highest BCUT2D eigenvalue weighted by Crippen LogP contribution is 2.24. The van der Waals surface area contributed by atoms with Gasteiger partial charge in [-0.2, -0.15) is 0 Å². The summed E-state index contributed by atoms with van der Waals surface area (Å²) in [5.74, 6) is -0.903. The molecule has 0 aliphatic rings. The number of carboxylic acids is 1. The minimum atomic E-state index is -2.26. The Labute approximate surface area is 163 Å². The zero-order chi connectivity index (χ0) is 21.0. The van der Waals surface area contributed by atoms with Gasteiger partial charge in [0.25, 0.3) is 0 Å². The molecule has 0 fully saturated rings. The highest BCUT2D eigenvalue weighted by Gasteiger charge is 2.47. The highest BCUT2D eigenvalue weighted by molar-refractivity contribution is 5.91. The number of aliphatic hydroxyl groups excluding tert-OH is 3. The predicted octanol–water partition coefficient (Wildman–Crippen LogP) is 2.94. The third-order valence-electron chi connectivity index (χ3n) is 5.22. The quantitative estimate of drug-likeness (QED) is 0.322. The van der Waals surface area contributed by atoms with Crippen molar-refractivity contribution in [2.75, 3.05) is 13.2 Å². The minimum Gasteiger partial charge on any atom is -0.481 e. The van der Waals surface area contributed by atoms with Crippen LogP contribution < -0.4 is 0 Å². The van der Waals surface area contributed by atoms with Gasteiger partial charge < -0.3 is 20.4 Å². The molecule has 0 aromatic carbocycles. The summed E-state index contributed by atoms with van der Waals surface area (Å²) in [6.07, 6.45) is 6.35. The van der Waals surface area contributed by atoms with Crippen molar-refractivity contribution >= 4 is 11.8 Å². The van der Waals surface area contributed by atoms with E-state index in [2.05, 4.69) is 20.8 Å². The molecule has 0 aliphatic heterocycles. The second kappa shape index (κ2) is 13.0. The fourth-order valence-corrected chi connectivity index (χ4v) is 3.02. The van der Waals surface area contributed by atoms with Gasteiger partial charge in [-0.15, -0.1) is 0 Å². The van der Waals surface area contributed by atoms with Crippen molar-refractivity contribution in [2.45, 2.75) is 78.7 Å². The molecule has 0 bridgehead atoms. The number of carbonyl (C=O) groups is 2. The smallest absolute Gasteiger partial charge is 0.317 e. The maximum absolute atomic E-state index is 12.1. The Morgan fingerprint density at radius 3 is 2.04 bits per heavy atom. The summed E-state index contributed by atoms with van der Waals surface area (Å²) in [5, 5.41) is 37.6. The van der Waals surface area contributed by atoms with Crippen LogP contribution >= 0.6 is 0 Å². The first-order valence-corrected chi connectivity index (χ1v) is 9.92. The molecule has 2 unspecified atom stereocenters. The highest BCUT2D eigenvalue weighted by atomic mass is 16.4. The number of allylic oxidation sites excluding steroid dienone is 2. The standard InChI is InChI=1S/C21H38O6/c1-15(2)7-5-8-16(3)9-6-10-17(4)11-12-18(24)19(25)21(13-22,14-23)20(26)27/h11,15-16,19,22-23,25H,5-10,12-14H2,1-4H3,(H,26,27). The number of aliphatic hydroxyl groups is 3. The first kappa shape index (κ1) is 25.8. The molecule has 6 nitrogen and oxygen atoms in total. The maximum atomic E-state index is 12.1. The second-order valence-electron chi connectivity index (χ2n) is 8.22. The summed E-state index contributed by atoms with van der Waals surface area (Å²) < 4.78 is 0. The van der Waals surface area contributed by atoms with Crippen LogP contribution in [0.2, 0.25) is 0 Å². The number of carbonyl (C=O) groups excluding carboxylic acids is 1. The Morgan fingerprint density at radius 1 is 1.00 bits per heavy atom. The van der Waals surface area contributed by atoms with Crippen LogP contribution in [0.4, 0.5) is 0 Å². The molecule has 2 atom stereocenters. The first-order valence-electron chi connectivity index (χ1n) is 9.92. The van der Waals surface area contributed by atoms with Crippen molar-refractivity contribution in [3.63, 3.8) is 0 Å². The van der Waals surface area contributed by atoms with Gasteiger partial charge in [-0.25, -0.2) is 0 Å². The molecule has 0 saturated heterocycles. The molecular weight excluding hydrogens is 348 g/mol. The molecular formula is C21H38O6. The predicted molar refractivity (Wildman–Crippen MR) is 105 cm³/mol. The Hall–Kier alpha value is -1.24. The van der Waals surface area contributed by atoms with Crippen LogP contribution in [0.15, 0.2) is 11.6 Å². The normalized spacial score (nSPS) is 15.0. The van der Waals surface area contributed by atoms with Crippen molar-refractivity contribution in [1.29, 1.82) is 0 Å². The average molecular weight is 387 g/mol. The number of Topliss-reactive ketones (excluding diaryl/α,β-unsaturated/α-hetero) is 1. The lowest BCUT2D eigenvalue weighted by Crippen LogP contribution is -2.52. The van der Waals surface area contributed by atoms with E-state index < -0.39 is 36.5 Å². The summed E-state index contributed by atoms with van der Waals surface area (Å²) in [5.41, 5.74) is -1.25. The lowest BCUT2D eigenvalue weighted by Gasteiger charge is -2.29. The van der Waals surface area contributed by atoms with E-state index in [1.54, 1.807) is 6.08 Å². The Bertz CT molecular complexity index is 479. The van der Waals surface area contributed by atoms with Gasteiger partial charge in [0, 0.05) is 6.42 Å². The largest absolute Gasteiger partial charge is 0.481 e. The SMILES string of the molecule is CC(=CCC(=O)C(O)C(CO)(CO)C(=O)O)CCCC(C)CCCC(C)C. The van der Waals surface area contributed by atoms with E-state index in [0.717, 1.165) is 30.8 Å². The lowest BCUT2D eigenvalue weighted by molar-refractivity contribution is -0.170. The van der Waals surface area contributed by atoms with Crippen LogP contribution in [0.1, 0.15) is 72.6 Å². The molecule has 0 spiro atoms. The molecule has 0 aromatic rings. The molecule has 0 amide bonds. The van der Waals surface area contributed by atoms with Gasteiger partial charge in [0.1, 0.15) is 11.5 Å². The Morgan fingerprint density at radius 2 is 1.56 bits per heavy atom. The average Bonchev–Trinajstić information content (AvgIpc) is 2.60. The maximum Gasteiger partial charge on any atom is 0.317 e. The van der Waals surface area contributed by atoms with Crippen LogP contribution in [0.5, 0.6) is 0 Å². The molecule has 6 heteroatoms. The van der Waals surface area contributed by atoms with Crippen LogP contribution in [0.3, 0.4) is 0 Å². The molecule has 0 saturated carbocycles. The lowest BCUT2D eigenvalue weighted by atomic mass is 9.80. The van der Waals surface area contributed by atoms with E-state index in [1.165, 1.54) is 19.3 Å². The van der Waals surface area contributed by atoms with Gasteiger partial charge in [-0.05, 0) is 31.6 Å². The van der Waals surface area contributed by atoms with Gasteiger partial charge in [0.15, 0.2) is 5.78 Å².